The third kappa shape index (κ3) is 22.0. The number of unbranched alkanes of at least 4 members (excludes halogenated alkanes) is 13. The van der Waals surface area contributed by atoms with Crippen molar-refractivity contribution in [1.29, 1.82) is 0 Å². The minimum Gasteiger partial charge on any atom is -0.379 e. The first-order valence-corrected chi connectivity index (χ1v) is 11.8. The number of phosphoric ester groups is 1. The zero-order chi connectivity index (χ0) is 18.8. The first-order valence-electron chi connectivity index (χ1n) is 10.3. The van der Waals surface area contributed by atoms with Crippen molar-refractivity contribution in [3.8, 4) is 0 Å². The van der Waals surface area contributed by atoms with Crippen molar-refractivity contribution in [3.05, 3.63) is 0 Å². The summed E-state index contributed by atoms with van der Waals surface area (Å²) in [5, 5.41) is 0. The standard InChI is InChI=1S/C19H41O5P/c1-3-4-5-6-7-8-9-10-11-12-13-14-15-16-17-23-18-19(2)24-25(20,21)22/h19H,3-18H2,1-2H3,(H2,20,21,22). The van der Waals surface area contributed by atoms with Crippen molar-refractivity contribution in [2.45, 2.75) is 110 Å². The van der Waals surface area contributed by atoms with Gasteiger partial charge in [0.1, 0.15) is 0 Å². The molecule has 1 unspecified atom stereocenters. The molecule has 0 aliphatic rings. The van der Waals surface area contributed by atoms with E-state index in [-0.39, 0.29) is 6.61 Å². The van der Waals surface area contributed by atoms with E-state index in [1.165, 1.54) is 77.0 Å². The molecular weight excluding hydrogens is 339 g/mol. The average molecular weight is 381 g/mol. The van der Waals surface area contributed by atoms with Crippen LogP contribution in [0.5, 0.6) is 0 Å². The highest BCUT2D eigenvalue weighted by Crippen LogP contribution is 2.37. The van der Waals surface area contributed by atoms with Gasteiger partial charge in [-0.15, -0.1) is 0 Å². The Bertz CT molecular complexity index is 319. The van der Waals surface area contributed by atoms with Gasteiger partial charge in [0, 0.05) is 6.61 Å². The summed E-state index contributed by atoms with van der Waals surface area (Å²) in [4.78, 5) is 17.3. The van der Waals surface area contributed by atoms with E-state index in [0.717, 1.165) is 12.8 Å². The molecule has 0 bridgehead atoms. The Morgan fingerprint density at radius 1 is 0.760 bits per heavy atom. The Kier molecular flexibility index (Phi) is 17.5. The summed E-state index contributed by atoms with van der Waals surface area (Å²) in [5.41, 5.74) is 0. The van der Waals surface area contributed by atoms with E-state index in [2.05, 4.69) is 11.4 Å². The SMILES string of the molecule is CCCCCCCCCCCCCCCCOCC(C)OP(=O)(O)O. The molecule has 0 saturated heterocycles. The molecule has 152 valence electrons. The maximum Gasteiger partial charge on any atom is 0.469 e. The summed E-state index contributed by atoms with van der Waals surface area (Å²) in [6, 6.07) is 0. The maximum absolute atomic E-state index is 10.6. The van der Waals surface area contributed by atoms with Crippen molar-refractivity contribution in [1.82, 2.24) is 0 Å². The van der Waals surface area contributed by atoms with Gasteiger partial charge in [-0.3, -0.25) is 4.52 Å². The number of rotatable bonds is 19. The zero-order valence-corrected chi connectivity index (χ0v) is 17.4. The Balaban J connectivity index is 3.13. The van der Waals surface area contributed by atoms with Crippen LogP contribution >= 0.6 is 7.82 Å². The van der Waals surface area contributed by atoms with Gasteiger partial charge in [0.25, 0.3) is 0 Å². The fourth-order valence-corrected chi connectivity index (χ4v) is 3.44. The van der Waals surface area contributed by atoms with Crippen LogP contribution in [0.4, 0.5) is 0 Å². The summed E-state index contributed by atoms with van der Waals surface area (Å²) in [7, 11) is -4.39. The smallest absolute Gasteiger partial charge is 0.379 e. The molecular formula is C19H41O5P. The molecule has 5 nitrogen and oxygen atoms in total. The molecule has 0 amide bonds. The molecule has 25 heavy (non-hydrogen) atoms. The number of ether oxygens (including phenoxy) is 1. The van der Waals surface area contributed by atoms with Gasteiger partial charge in [-0.2, -0.15) is 0 Å². The van der Waals surface area contributed by atoms with Gasteiger partial charge >= 0.3 is 7.82 Å². The zero-order valence-electron chi connectivity index (χ0n) is 16.5. The number of phosphoric acid groups is 1. The first kappa shape index (κ1) is 25.1. The number of hydrogen-bond donors (Lipinski definition) is 2. The molecule has 6 heteroatoms. The fraction of sp³-hybridized carbons (Fsp3) is 1.00. The molecule has 0 aromatic carbocycles. The summed E-state index contributed by atoms with van der Waals surface area (Å²) < 4.78 is 20.5. The Hall–Kier alpha value is 0.0700. The van der Waals surface area contributed by atoms with Gasteiger partial charge in [-0.25, -0.2) is 4.57 Å². The second-order valence-corrected chi connectivity index (χ2v) is 8.27. The van der Waals surface area contributed by atoms with E-state index in [1.807, 2.05) is 0 Å². The van der Waals surface area contributed by atoms with Crippen LogP contribution in [0.1, 0.15) is 104 Å². The molecule has 0 rings (SSSR count). The van der Waals surface area contributed by atoms with Gasteiger partial charge in [0.2, 0.25) is 0 Å². The Labute approximate surface area is 155 Å². The van der Waals surface area contributed by atoms with Gasteiger partial charge in [0.05, 0.1) is 12.7 Å². The summed E-state index contributed by atoms with van der Waals surface area (Å²) in [6.45, 7) is 4.72. The van der Waals surface area contributed by atoms with Crippen LogP contribution in [-0.2, 0) is 13.8 Å². The minimum absolute atomic E-state index is 0.226. The summed E-state index contributed by atoms with van der Waals surface area (Å²) >= 11 is 0. The van der Waals surface area contributed by atoms with E-state index < -0.39 is 13.9 Å². The normalized spacial score (nSPS) is 13.3. The van der Waals surface area contributed by atoms with Gasteiger partial charge < -0.3 is 14.5 Å². The van der Waals surface area contributed by atoms with Crippen LogP contribution in [0.2, 0.25) is 0 Å². The summed E-state index contributed by atoms with van der Waals surface area (Å²) in [6.07, 6.45) is 18.0. The molecule has 0 aliphatic carbocycles. The molecule has 0 spiro atoms. The topological polar surface area (TPSA) is 76.0 Å². The van der Waals surface area contributed by atoms with E-state index in [4.69, 9.17) is 14.5 Å². The number of hydrogen-bond acceptors (Lipinski definition) is 3. The van der Waals surface area contributed by atoms with Crippen LogP contribution in [0, 0.1) is 0 Å². The monoisotopic (exact) mass is 380 g/mol. The lowest BCUT2D eigenvalue weighted by molar-refractivity contribution is 0.0403. The van der Waals surface area contributed by atoms with Crippen LogP contribution in [-0.4, -0.2) is 29.1 Å². The molecule has 0 fully saturated rings. The molecule has 0 saturated carbocycles. The lowest BCUT2D eigenvalue weighted by Crippen LogP contribution is -2.15. The summed E-state index contributed by atoms with van der Waals surface area (Å²) in [5.74, 6) is 0. The van der Waals surface area contributed by atoms with Crippen LogP contribution in [0.15, 0.2) is 0 Å². The predicted octanol–water partition coefficient (Wildman–Crippen LogP) is 5.98. The van der Waals surface area contributed by atoms with E-state index in [0.29, 0.717) is 6.61 Å². The average Bonchev–Trinajstić information content (AvgIpc) is 2.53. The fourth-order valence-electron chi connectivity index (χ4n) is 2.91. The second kappa shape index (κ2) is 17.5. The minimum atomic E-state index is -4.39. The highest BCUT2D eigenvalue weighted by Gasteiger charge is 2.18. The largest absolute Gasteiger partial charge is 0.469 e. The molecule has 2 N–H and O–H groups in total. The Morgan fingerprint density at radius 2 is 1.16 bits per heavy atom. The quantitative estimate of drug-likeness (QED) is 0.213. The van der Waals surface area contributed by atoms with Crippen molar-refractivity contribution >= 4 is 7.82 Å². The van der Waals surface area contributed by atoms with E-state index >= 15 is 0 Å². The van der Waals surface area contributed by atoms with Crippen molar-refractivity contribution in [2.75, 3.05) is 13.2 Å². The van der Waals surface area contributed by atoms with Crippen molar-refractivity contribution in [2.24, 2.45) is 0 Å². The molecule has 0 aliphatic heterocycles. The lowest BCUT2D eigenvalue weighted by Gasteiger charge is -2.13. The first-order chi connectivity index (χ1) is 12.0. The Morgan fingerprint density at radius 3 is 1.56 bits per heavy atom. The van der Waals surface area contributed by atoms with E-state index in [1.54, 1.807) is 6.92 Å². The highest BCUT2D eigenvalue weighted by molar-refractivity contribution is 7.46. The second-order valence-electron chi connectivity index (χ2n) is 7.08. The third-order valence-electron chi connectivity index (χ3n) is 4.31. The van der Waals surface area contributed by atoms with Crippen molar-refractivity contribution < 1.29 is 23.6 Å². The molecule has 0 aromatic heterocycles. The highest BCUT2D eigenvalue weighted by atomic mass is 31.2. The van der Waals surface area contributed by atoms with Crippen LogP contribution < -0.4 is 0 Å². The third-order valence-corrected chi connectivity index (χ3v) is 4.95. The predicted molar refractivity (Wildman–Crippen MR) is 104 cm³/mol. The molecule has 0 radical (unpaired) electrons. The van der Waals surface area contributed by atoms with Crippen LogP contribution in [0.25, 0.3) is 0 Å². The maximum atomic E-state index is 10.6. The van der Waals surface area contributed by atoms with Gasteiger partial charge in [-0.1, -0.05) is 90.4 Å². The molecule has 0 aromatic rings. The van der Waals surface area contributed by atoms with Gasteiger partial charge in [-0.05, 0) is 13.3 Å². The van der Waals surface area contributed by atoms with Gasteiger partial charge in [0.15, 0.2) is 0 Å². The van der Waals surface area contributed by atoms with Crippen molar-refractivity contribution in [3.63, 3.8) is 0 Å². The van der Waals surface area contributed by atoms with Crippen LogP contribution in [0.3, 0.4) is 0 Å². The molecule has 1 atom stereocenters. The lowest BCUT2D eigenvalue weighted by atomic mass is 10.0. The van der Waals surface area contributed by atoms with E-state index in [9.17, 15) is 4.57 Å². The molecule has 0 heterocycles.